The molecule has 4 heterocycles. The van der Waals surface area contributed by atoms with Gasteiger partial charge in [-0.15, -0.1) is 0 Å². The normalized spacial score (nSPS) is 22.3. The minimum Gasteiger partial charge on any atom is -0.373 e. The molecular formula is C27H28N4O2. The first-order chi connectivity index (χ1) is 16.3. The Bertz CT molecular complexity index is 1150. The number of anilines is 2. The van der Waals surface area contributed by atoms with Crippen molar-refractivity contribution in [1.82, 2.24) is 9.88 Å². The first kappa shape index (κ1) is 20.4. The van der Waals surface area contributed by atoms with Gasteiger partial charge in [0, 0.05) is 44.6 Å². The molecule has 2 fully saturated rings. The number of benzene rings is 2. The van der Waals surface area contributed by atoms with E-state index in [-0.39, 0.29) is 18.1 Å². The van der Waals surface area contributed by atoms with Crippen LogP contribution < -0.4 is 9.80 Å². The van der Waals surface area contributed by atoms with Gasteiger partial charge in [0.15, 0.2) is 0 Å². The zero-order valence-electron chi connectivity index (χ0n) is 18.6. The van der Waals surface area contributed by atoms with Crippen molar-refractivity contribution in [2.24, 2.45) is 0 Å². The van der Waals surface area contributed by atoms with Crippen LogP contribution in [0, 0.1) is 0 Å². The molecule has 3 aliphatic rings. The van der Waals surface area contributed by atoms with Crippen LogP contribution in [0.2, 0.25) is 0 Å². The SMILES string of the molecule is O=C(c1cccnc1N1CC2OCCN(Cc3ccccc3)C2C1)N1CCc2ccccc21. The lowest BCUT2D eigenvalue weighted by atomic mass is 10.1. The molecule has 6 heteroatoms. The van der Waals surface area contributed by atoms with Crippen LogP contribution in [-0.4, -0.2) is 60.7 Å². The van der Waals surface area contributed by atoms with E-state index in [0.29, 0.717) is 12.1 Å². The van der Waals surface area contributed by atoms with Crippen LogP contribution in [-0.2, 0) is 17.7 Å². The summed E-state index contributed by atoms with van der Waals surface area (Å²) in [6.45, 7) is 4.85. The van der Waals surface area contributed by atoms with Gasteiger partial charge in [-0.3, -0.25) is 9.69 Å². The molecule has 0 saturated carbocycles. The minimum atomic E-state index is 0.0278. The average Bonchev–Trinajstić information content (AvgIpc) is 3.49. The molecule has 1 amide bonds. The van der Waals surface area contributed by atoms with Crippen LogP contribution in [0.4, 0.5) is 11.5 Å². The molecule has 6 rings (SSSR count). The number of hydrogen-bond donors (Lipinski definition) is 0. The Kier molecular flexibility index (Phi) is 5.32. The third-order valence-corrected chi connectivity index (χ3v) is 7.09. The smallest absolute Gasteiger partial charge is 0.262 e. The highest BCUT2D eigenvalue weighted by molar-refractivity contribution is 6.10. The number of fused-ring (bicyclic) bond motifs is 2. The van der Waals surface area contributed by atoms with Crippen molar-refractivity contribution in [3.63, 3.8) is 0 Å². The number of ether oxygens (including phenoxy) is 1. The first-order valence-electron chi connectivity index (χ1n) is 11.8. The van der Waals surface area contributed by atoms with Crippen LogP contribution >= 0.6 is 0 Å². The molecule has 2 unspecified atom stereocenters. The highest BCUT2D eigenvalue weighted by Gasteiger charge is 2.41. The first-order valence-corrected chi connectivity index (χ1v) is 11.8. The molecule has 0 N–H and O–H groups in total. The fourth-order valence-corrected chi connectivity index (χ4v) is 5.46. The van der Waals surface area contributed by atoms with Gasteiger partial charge in [-0.25, -0.2) is 4.98 Å². The number of amides is 1. The molecule has 1 aromatic heterocycles. The van der Waals surface area contributed by atoms with Gasteiger partial charge < -0.3 is 14.5 Å². The number of carbonyl (C=O) groups excluding carboxylic acids is 1. The Morgan fingerprint density at radius 1 is 0.970 bits per heavy atom. The Balaban J connectivity index is 1.25. The summed E-state index contributed by atoms with van der Waals surface area (Å²) in [6.07, 6.45) is 2.81. The molecule has 3 aromatic rings. The van der Waals surface area contributed by atoms with E-state index in [1.165, 1.54) is 11.1 Å². The fraction of sp³-hybridized carbons (Fsp3) is 0.333. The summed E-state index contributed by atoms with van der Waals surface area (Å²) >= 11 is 0. The monoisotopic (exact) mass is 440 g/mol. The molecule has 2 atom stereocenters. The summed E-state index contributed by atoms with van der Waals surface area (Å²) in [6, 6.07) is 22.9. The van der Waals surface area contributed by atoms with Crippen molar-refractivity contribution in [2.45, 2.75) is 25.1 Å². The van der Waals surface area contributed by atoms with Gasteiger partial charge in [0.2, 0.25) is 0 Å². The number of carbonyl (C=O) groups is 1. The molecule has 2 saturated heterocycles. The van der Waals surface area contributed by atoms with Crippen LogP contribution in [0.15, 0.2) is 72.9 Å². The molecule has 0 aliphatic carbocycles. The van der Waals surface area contributed by atoms with E-state index in [1.54, 1.807) is 6.20 Å². The molecule has 33 heavy (non-hydrogen) atoms. The summed E-state index contributed by atoms with van der Waals surface area (Å²) in [5, 5.41) is 0. The summed E-state index contributed by atoms with van der Waals surface area (Å²) in [5.41, 5.74) is 4.23. The Hall–Kier alpha value is -3.22. The maximum absolute atomic E-state index is 13.6. The number of pyridine rings is 1. The molecular weight excluding hydrogens is 412 g/mol. The van der Waals surface area contributed by atoms with Crippen molar-refractivity contribution in [3.8, 4) is 0 Å². The number of nitrogens with zero attached hydrogens (tertiary/aromatic N) is 4. The van der Waals surface area contributed by atoms with Crippen LogP contribution in [0.5, 0.6) is 0 Å². The predicted molar refractivity (Wildman–Crippen MR) is 129 cm³/mol. The topological polar surface area (TPSA) is 48.9 Å². The summed E-state index contributed by atoms with van der Waals surface area (Å²) in [5.74, 6) is 0.796. The zero-order chi connectivity index (χ0) is 22.2. The van der Waals surface area contributed by atoms with E-state index in [1.807, 2.05) is 35.2 Å². The maximum atomic E-state index is 13.6. The van der Waals surface area contributed by atoms with Crippen molar-refractivity contribution in [2.75, 3.05) is 42.6 Å². The van der Waals surface area contributed by atoms with Crippen molar-refractivity contribution < 1.29 is 9.53 Å². The van der Waals surface area contributed by atoms with Gasteiger partial charge in [0.25, 0.3) is 5.91 Å². The maximum Gasteiger partial charge on any atom is 0.262 e. The highest BCUT2D eigenvalue weighted by Crippen LogP contribution is 2.33. The summed E-state index contributed by atoms with van der Waals surface area (Å²) < 4.78 is 6.16. The number of rotatable bonds is 4. The molecule has 6 nitrogen and oxygen atoms in total. The molecule has 0 radical (unpaired) electrons. The molecule has 2 aromatic carbocycles. The standard InChI is InChI=1S/C27H28N4O2/c32-27(31-14-12-21-9-4-5-11-23(21)31)22-10-6-13-28-26(22)30-18-24-25(19-30)33-16-15-29(24)17-20-7-2-1-3-8-20/h1-11,13,24-25H,12,14-19H2. The van der Waals surface area contributed by atoms with Crippen molar-refractivity contribution in [3.05, 3.63) is 89.6 Å². The summed E-state index contributed by atoms with van der Waals surface area (Å²) in [7, 11) is 0. The molecule has 168 valence electrons. The van der Waals surface area contributed by atoms with Crippen molar-refractivity contribution in [1.29, 1.82) is 0 Å². The fourth-order valence-electron chi connectivity index (χ4n) is 5.46. The van der Waals surface area contributed by atoms with Crippen LogP contribution in [0.1, 0.15) is 21.5 Å². The lowest BCUT2D eigenvalue weighted by molar-refractivity contribution is -0.0499. The van der Waals surface area contributed by atoms with E-state index in [2.05, 4.69) is 51.2 Å². The number of aromatic nitrogens is 1. The largest absolute Gasteiger partial charge is 0.373 e. The molecule has 0 spiro atoms. The van der Waals surface area contributed by atoms with Gasteiger partial charge in [-0.05, 0) is 35.7 Å². The second-order valence-electron chi connectivity index (χ2n) is 9.05. The summed E-state index contributed by atoms with van der Waals surface area (Å²) in [4.78, 5) is 25.0. The quantitative estimate of drug-likeness (QED) is 0.623. The average molecular weight is 441 g/mol. The van der Waals surface area contributed by atoms with Gasteiger partial charge in [-0.2, -0.15) is 0 Å². The van der Waals surface area contributed by atoms with E-state index in [0.717, 1.165) is 50.7 Å². The third-order valence-electron chi connectivity index (χ3n) is 7.09. The minimum absolute atomic E-state index is 0.0278. The Morgan fingerprint density at radius 3 is 2.73 bits per heavy atom. The number of hydrogen-bond acceptors (Lipinski definition) is 5. The van der Waals surface area contributed by atoms with E-state index >= 15 is 0 Å². The Labute approximate surface area is 194 Å². The number of para-hydroxylation sites is 1. The van der Waals surface area contributed by atoms with Gasteiger partial charge in [-0.1, -0.05) is 48.5 Å². The Morgan fingerprint density at radius 2 is 1.82 bits per heavy atom. The second-order valence-corrected chi connectivity index (χ2v) is 9.05. The third kappa shape index (κ3) is 3.79. The molecule has 0 bridgehead atoms. The van der Waals surface area contributed by atoms with Gasteiger partial charge in [0.1, 0.15) is 5.82 Å². The highest BCUT2D eigenvalue weighted by atomic mass is 16.5. The second kappa shape index (κ2) is 8.61. The van der Waals surface area contributed by atoms with Crippen LogP contribution in [0.3, 0.4) is 0 Å². The lowest BCUT2D eigenvalue weighted by Crippen LogP contribution is -2.50. The van der Waals surface area contributed by atoms with E-state index in [9.17, 15) is 4.79 Å². The van der Waals surface area contributed by atoms with Crippen LogP contribution in [0.25, 0.3) is 0 Å². The van der Waals surface area contributed by atoms with E-state index < -0.39 is 0 Å². The van der Waals surface area contributed by atoms with Gasteiger partial charge in [0.05, 0.1) is 24.3 Å². The van der Waals surface area contributed by atoms with E-state index in [4.69, 9.17) is 4.74 Å². The number of morpholine rings is 1. The molecule has 3 aliphatic heterocycles. The van der Waals surface area contributed by atoms with Crippen molar-refractivity contribution >= 4 is 17.4 Å². The predicted octanol–water partition coefficient (Wildman–Crippen LogP) is 3.37. The van der Waals surface area contributed by atoms with Gasteiger partial charge >= 0.3 is 0 Å². The zero-order valence-corrected chi connectivity index (χ0v) is 18.6. The lowest BCUT2D eigenvalue weighted by Gasteiger charge is -2.36.